The first kappa shape index (κ1) is 32.1. The highest BCUT2D eigenvalue weighted by Crippen LogP contribution is 2.59. The number of nitrogens with zero attached hydrogens (tertiary/aromatic N) is 3. The van der Waals surface area contributed by atoms with Crippen LogP contribution in [0.3, 0.4) is 0 Å². The summed E-state index contributed by atoms with van der Waals surface area (Å²) in [7, 11) is -8.77. The Morgan fingerprint density at radius 3 is 2.39 bits per heavy atom. The van der Waals surface area contributed by atoms with Crippen molar-refractivity contribution in [2.24, 2.45) is 11.8 Å². The monoisotopic (exact) mass is 700 g/mol. The minimum absolute atomic E-state index is 0.0966. The summed E-state index contributed by atoms with van der Waals surface area (Å²) >= 11 is 1.02. The second kappa shape index (κ2) is 11.3. The average molecular weight is 701 g/mol. The SMILES string of the molecule is O=C(N[C@H]1C[C@@H]2C[C@@H]2C[C@H]2CC[C@@H](C(=O)N3CC(N4CCS(=O)(=O)CC4)C3)N2C1=O)c1cc2cc(C(F)(F)P(=O)(O)O)ccc2s1. The van der Waals surface area contributed by atoms with Crippen LogP contribution < -0.4 is 5.32 Å². The molecule has 4 aliphatic heterocycles. The topological polar surface area (TPSA) is 165 Å². The van der Waals surface area contributed by atoms with Crippen LogP contribution in [0.5, 0.6) is 0 Å². The van der Waals surface area contributed by atoms with Gasteiger partial charge in [0.1, 0.15) is 12.1 Å². The number of alkyl halides is 2. The average Bonchev–Trinajstić information content (AvgIpc) is 3.33. The molecule has 46 heavy (non-hydrogen) atoms. The molecule has 1 aromatic carbocycles. The maximum atomic E-state index is 14.3. The smallest absolute Gasteiger partial charge is 0.340 e. The minimum Gasteiger partial charge on any atom is -0.340 e. The largest absolute Gasteiger partial charge is 0.399 e. The number of sulfone groups is 1. The van der Waals surface area contributed by atoms with Gasteiger partial charge in [0.05, 0.1) is 16.4 Å². The zero-order valence-corrected chi connectivity index (χ0v) is 27.3. The Kier molecular flexibility index (Phi) is 7.88. The zero-order chi connectivity index (χ0) is 32.8. The molecule has 0 unspecified atom stereocenters. The van der Waals surface area contributed by atoms with E-state index in [-0.39, 0.29) is 51.6 Å². The van der Waals surface area contributed by atoms with Crippen molar-refractivity contribution < 1.29 is 45.9 Å². The molecule has 5 fully saturated rings. The summed E-state index contributed by atoms with van der Waals surface area (Å²) in [5.41, 5.74) is -5.24. The van der Waals surface area contributed by atoms with Gasteiger partial charge in [0.15, 0.2) is 9.84 Å². The van der Waals surface area contributed by atoms with E-state index in [1.807, 2.05) is 0 Å². The molecule has 0 radical (unpaired) electrons. The molecule has 2 aromatic rings. The van der Waals surface area contributed by atoms with Crippen LogP contribution in [0.1, 0.15) is 47.3 Å². The van der Waals surface area contributed by atoms with Crippen LogP contribution in [0.2, 0.25) is 0 Å². The Balaban J connectivity index is 1.05. The van der Waals surface area contributed by atoms with E-state index in [0.717, 1.165) is 36.3 Å². The van der Waals surface area contributed by atoms with Crippen LogP contribution in [0.4, 0.5) is 8.78 Å². The van der Waals surface area contributed by atoms with Crippen molar-refractivity contribution in [3.8, 4) is 0 Å². The van der Waals surface area contributed by atoms with Gasteiger partial charge in [-0.3, -0.25) is 23.8 Å². The highest BCUT2D eigenvalue weighted by molar-refractivity contribution is 7.91. The van der Waals surface area contributed by atoms with Gasteiger partial charge in [-0.1, -0.05) is 6.07 Å². The number of hydrogen-bond acceptors (Lipinski definition) is 8. The van der Waals surface area contributed by atoms with E-state index < -0.39 is 46.7 Å². The summed E-state index contributed by atoms with van der Waals surface area (Å²) in [6.45, 7) is 1.88. The summed E-state index contributed by atoms with van der Waals surface area (Å²) in [5, 5.41) is 3.07. The lowest BCUT2D eigenvalue weighted by Crippen LogP contribution is -2.66. The Labute approximate surface area is 268 Å². The lowest BCUT2D eigenvalue weighted by atomic mass is 9.98. The van der Waals surface area contributed by atoms with Crippen molar-refractivity contribution in [1.82, 2.24) is 20.0 Å². The van der Waals surface area contributed by atoms with Crippen LogP contribution >= 0.6 is 18.9 Å². The van der Waals surface area contributed by atoms with Crippen LogP contribution in [-0.2, 0) is 29.7 Å². The lowest BCUT2D eigenvalue weighted by Gasteiger charge is -2.48. The molecule has 3 amide bonds. The predicted octanol–water partition coefficient (Wildman–Crippen LogP) is 1.96. The van der Waals surface area contributed by atoms with Gasteiger partial charge in [-0.2, -0.15) is 8.78 Å². The molecule has 5 heterocycles. The van der Waals surface area contributed by atoms with E-state index in [1.165, 1.54) is 12.1 Å². The summed E-state index contributed by atoms with van der Waals surface area (Å²) in [5.74, 6) is -0.0485. The summed E-state index contributed by atoms with van der Waals surface area (Å²) in [6.07, 6.45) is 3.44. The standard InChI is InChI=1S/C29H35F2N4O8PS2/c30-29(31,44(39,40)41)19-1-4-24-18(10-19)13-25(45-24)26(36)32-22-12-17-9-16(17)11-20-2-3-23(35(20)27(22)37)28(38)34-14-21(15-34)33-5-7-46(42,43)8-6-33/h1,4,10,13,16-17,20-23H,2-3,5-9,11-12,14-15H2,(H,32,36)(H2,39,40,41)/t16-,17+,20-,22+,23+/m1/s1. The van der Waals surface area contributed by atoms with Crippen molar-refractivity contribution in [2.45, 2.75) is 61.9 Å². The third-order valence-electron chi connectivity index (χ3n) is 10.4. The number of carbonyl (C=O) groups excluding carboxylic acids is 3. The molecule has 5 aliphatic rings. The number of likely N-dealkylation sites (tertiary alicyclic amines) is 1. The molecular weight excluding hydrogens is 665 g/mol. The number of hydrogen-bond donors (Lipinski definition) is 3. The summed E-state index contributed by atoms with van der Waals surface area (Å²) in [6, 6.07) is 3.03. The number of benzene rings is 1. The lowest BCUT2D eigenvalue weighted by molar-refractivity contribution is -0.151. The molecule has 7 rings (SSSR count). The Hall–Kier alpha value is -2.49. The molecule has 1 aliphatic carbocycles. The first-order chi connectivity index (χ1) is 21.6. The van der Waals surface area contributed by atoms with Crippen molar-refractivity contribution in [1.29, 1.82) is 0 Å². The van der Waals surface area contributed by atoms with Crippen molar-refractivity contribution in [3.63, 3.8) is 0 Å². The molecule has 1 saturated carbocycles. The van der Waals surface area contributed by atoms with Gasteiger partial charge >= 0.3 is 13.3 Å². The first-order valence-corrected chi connectivity index (χ1v) is 19.7. The van der Waals surface area contributed by atoms with E-state index in [0.29, 0.717) is 56.1 Å². The number of fused-ring (bicyclic) bond motifs is 3. The molecular formula is C29H35F2N4O8PS2. The van der Waals surface area contributed by atoms with Gasteiger partial charge in [-0.05, 0) is 67.5 Å². The van der Waals surface area contributed by atoms with Gasteiger partial charge in [-0.25, -0.2) is 8.42 Å². The van der Waals surface area contributed by atoms with Gasteiger partial charge < -0.3 is 24.9 Å². The van der Waals surface area contributed by atoms with Gasteiger partial charge in [-0.15, -0.1) is 11.3 Å². The first-order valence-electron chi connectivity index (χ1n) is 15.4. The van der Waals surface area contributed by atoms with Gasteiger partial charge in [0, 0.05) is 48.5 Å². The van der Waals surface area contributed by atoms with Crippen molar-refractivity contribution in [2.75, 3.05) is 37.7 Å². The van der Waals surface area contributed by atoms with Crippen LogP contribution in [0.15, 0.2) is 24.3 Å². The molecule has 1 aromatic heterocycles. The van der Waals surface area contributed by atoms with Crippen molar-refractivity contribution >= 4 is 56.6 Å². The Morgan fingerprint density at radius 2 is 1.70 bits per heavy atom. The quantitative estimate of drug-likeness (QED) is 0.382. The fourth-order valence-electron chi connectivity index (χ4n) is 7.54. The molecule has 250 valence electrons. The third-order valence-corrected chi connectivity index (χ3v) is 14.1. The number of halogens is 2. The summed E-state index contributed by atoms with van der Waals surface area (Å²) < 4.78 is 64.0. The van der Waals surface area contributed by atoms with E-state index in [2.05, 4.69) is 10.2 Å². The Morgan fingerprint density at radius 1 is 1.00 bits per heavy atom. The second-order valence-corrected chi connectivity index (χ2v) is 18.3. The maximum absolute atomic E-state index is 14.3. The van der Waals surface area contributed by atoms with Crippen LogP contribution in [-0.4, -0.2) is 112 Å². The highest BCUT2D eigenvalue weighted by Gasteiger charge is 2.53. The normalized spacial score (nSPS) is 30.3. The fourth-order valence-corrected chi connectivity index (χ4v) is 10.2. The van der Waals surface area contributed by atoms with Crippen LogP contribution in [0.25, 0.3) is 10.1 Å². The third kappa shape index (κ3) is 5.79. The minimum atomic E-state index is -5.76. The Bertz CT molecular complexity index is 1750. The molecule has 0 bridgehead atoms. The van der Waals surface area contributed by atoms with Gasteiger partial charge in [0.2, 0.25) is 11.8 Å². The molecule has 0 spiro atoms. The van der Waals surface area contributed by atoms with E-state index in [4.69, 9.17) is 9.79 Å². The number of rotatable bonds is 6. The molecule has 12 nitrogen and oxygen atoms in total. The van der Waals surface area contributed by atoms with E-state index in [1.54, 1.807) is 9.80 Å². The summed E-state index contributed by atoms with van der Waals surface area (Å²) in [4.78, 5) is 65.1. The van der Waals surface area contributed by atoms with E-state index >= 15 is 0 Å². The zero-order valence-electron chi connectivity index (χ0n) is 24.8. The predicted molar refractivity (Wildman–Crippen MR) is 164 cm³/mol. The number of thiophene rings is 1. The molecule has 5 atom stereocenters. The maximum Gasteiger partial charge on any atom is 0.399 e. The van der Waals surface area contributed by atoms with Crippen LogP contribution in [0, 0.1) is 11.8 Å². The fraction of sp³-hybridized carbons (Fsp3) is 0.621. The molecule has 4 saturated heterocycles. The second-order valence-electron chi connectivity index (χ2n) is 13.3. The molecule has 17 heteroatoms. The molecule has 3 N–H and O–H groups in total. The highest BCUT2D eigenvalue weighted by atomic mass is 32.2. The number of nitrogens with one attached hydrogen (secondary N) is 1. The number of amides is 3. The van der Waals surface area contributed by atoms with Gasteiger partial charge in [0.25, 0.3) is 5.91 Å². The van der Waals surface area contributed by atoms with Crippen molar-refractivity contribution in [3.05, 3.63) is 34.7 Å². The number of carbonyl (C=O) groups is 3. The van der Waals surface area contributed by atoms with E-state index in [9.17, 15) is 36.1 Å².